The van der Waals surface area contributed by atoms with E-state index in [1.807, 2.05) is 0 Å². The smallest absolute Gasteiger partial charge is 0.270 e. The molecule has 2 aromatic carbocycles. The lowest BCUT2D eigenvalue weighted by atomic mass is 10.1. The number of rotatable bonds is 4. The highest BCUT2D eigenvalue weighted by Gasteiger charge is 2.18. The van der Waals surface area contributed by atoms with E-state index in [1.54, 1.807) is 6.92 Å². The zero-order chi connectivity index (χ0) is 17.1. The first-order chi connectivity index (χ1) is 10.8. The molecule has 0 fully saturated rings. The van der Waals surface area contributed by atoms with Crippen LogP contribution >= 0.6 is 11.6 Å². The molecule has 0 bridgehead atoms. The van der Waals surface area contributed by atoms with E-state index in [4.69, 9.17) is 11.6 Å². The second-order valence-electron chi connectivity index (χ2n) is 4.79. The quantitative estimate of drug-likeness (QED) is 0.675. The highest BCUT2D eigenvalue weighted by atomic mass is 35.5. The fraction of sp³-hybridized carbons (Fsp3) is 0.133. The van der Waals surface area contributed by atoms with Crippen molar-refractivity contribution in [3.8, 4) is 0 Å². The van der Waals surface area contributed by atoms with Gasteiger partial charge in [-0.25, -0.2) is 8.78 Å². The number of amides is 1. The second kappa shape index (κ2) is 6.70. The zero-order valence-corrected chi connectivity index (χ0v) is 12.6. The fourth-order valence-electron chi connectivity index (χ4n) is 1.94. The van der Waals surface area contributed by atoms with E-state index in [0.29, 0.717) is 5.56 Å². The van der Waals surface area contributed by atoms with Crippen LogP contribution in [0.15, 0.2) is 36.4 Å². The molecule has 0 unspecified atom stereocenters. The number of nitrogens with zero attached hydrogens (tertiary/aromatic N) is 1. The molecule has 1 amide bonds. The van der Waals surface area contributed by atoms with E-state index in [1.165, 1.54) is 12.1 Å². The molecule has 0 saturated carbocycles. The molecule has 1 atom stereocenters. The lowest BCUT2D eigenvalue weighted by Crippen LogP contribution is -2.27. The van der Waals surface area contributed by atoms with Crippen molar-refractivity contribution in [2.75, 3.05) is 0 Å². The first-order valence-electron chi connectivity index (χ1n) is 6.49. The number of hydrogen-bond acceptors (Lipinski definition) is 3. The van der Waals surface area contributed by atoms with E-state index in [9.17, 15) is 23.7 Å². The molecular formula is C15H11ClF2N2O3. The number of non-ortho nitro benzene ring substituents is 1. The van der Waals surface area contributed by atoms with Gasteiger partial charge in [-0.15, -0.1) is 0 Å². The Balaban J connectivity index is 2.18. The van der Waals surface area contributed by atoms with Crippen molar-refractivity contribution < 1.29 is 18.5 Å². The number of nitro groups is 1. The maximum Gasteiger partial charge on any atom is 0.270 e. The minimum absolute atomic E-state index is 0.0479. The van der Waals surface area contributed by atoms with Gasteiger partial charge in [-0.2, -0.15) is 0 Å². The van der Waals surface area contributed by atoms with Gasteiger partial charge < -0.3 is 5.32 Å². The number of halogens is 3. The number of nitrogens with one attached hydrogen (secondary N) is 1. The van der Waals surface area contributed by atoms with Gasteiger partial charge in [0.15, 0.2) is 11.6 Å². The van der Waals surface area contributed by atoms with E-state index < -0.39 is 28.5 Å². The summed E-state index contributed by atoms with van der Waals surface area (Å²) in [5.41, 5.74) is 0.183. The predicted molar refractivity (Wildman–Crippen MR) is 80.3 cm³/mol. The minimum atomic E-state index is -1.02. The Morgan fingerprint density at radius 3 is 2.48 bits per heavy atom. The first-order valence-corrected chi connectivity index (χ1v) is 6.87. The first kappa shape index (κ1) is 16.8. The van der Waals surface area contributed by atoms with Crippen LogP contribution in [-0.4, -0.2) is 10.8 Å². The zero-order valence-electron chi connectivity index (χ0n) is 11.8. The van der Waals surface area contributed by atoms with Crippen LogP contribution in [0.3, 0.4) is 0 Å². The van der Waals surface area contributed by atoms with Crippen LogP contribution in [-0.2, 0) is 0 Å². The van der Waals surface area contributed by atoms with Crippen molar-refractivity contribution in [3.63, 3.8) is 0 Å². The summed E-state index contributed by atoms with van der Waals surface area (Å²) in [6.07, 6.45) is 0. The van der Waals surface area contributed by atoms with Gasteiger partial charge >= 0.3 is 0 Å². The Bertz CT molecular complexity index is 783. The summed E-state index contributed by atoms with van der Waals surface area (Å²) in [7, 11) is 0. The topological polar surface area (TPSA) is 72.2 Å². The molecule has 0 aliphatic carbocycles. The molecule has 5 nitrogen and oxygen atoms in total. The van der Waals surface area contributed by atoms with E-state index >= 15 is 0 Å². The van der Waals surface area contributed by atoms with Crippen LogP contribution in [0.25, 0.3) is 0 Å². The number of nitro benzene ring substituents is 1. The maximum atomic E-state index is 13.2. The summed E-state index contributed by atoms with van der Waals surface area (Å²) in [6.45, 7) is 1.59. The lowest BCUT2D eigenvalue weighted by molar-refractivity contribution is -0.384. The van der Waals surface area contributed by atoms with Gasteiger partial charge in [0.05, 0.1) is 21.6 Å². The summed E-state index contributed by atoms with van der Waals surface area (Å²) in [4.78, 5) is 22.2. The Morgan fingerprint density at radius 1 is 1.22 bits per heavy atom. The number of hydrogen-bond donors (Lipinski definition) is 1. The fourth-order valence-corrected chi connectivity index (χ4v) is 2.20. The minimum Gasteiger partial charge on any atom is -0.345 e. The highest BCUT2D eigenvalue weighted by Crippen LogP contribution is 2.23. The SMILES string of the molecule is C[C@H](NC(=O)c1ccc([N+](=O)[O-])cc1Cl)c1ccc(F)c(F)c1. The molecule has 0 aromatic heterocycles. The molecule has 1 N–H and O–H groups in total. The molecule has 0 aliphatic heterocycles. The Labute approximate surface area is 135 Å². The van der Waals surface area contributed by atoms with Crippen molar-refractivity contribution >= 4 is 23.2 Å². The molecule has 120 valence electrons. The van der Waals surface area contributed by atoms with Crippen LogP contribution in [0.2, 0.25) is 5.02 Å². The van der Waals surface area contributed by atoms with Gasteiger partial charge in [0.1, 0.15) is 0 Å². The largest absolute Gasteiger partial charge is 0.345 e. The summed E-state index contributed by atoms with van der Waals surface area (Å²) >= 11 is 5.87. The number of benzene rings is 2. The van der Waals surface area contributed by atoms with Crippen molar-refractivity contribution in [1.29, 1.82) is 0 Å². The molecule has 0 aliphatic rings. The molecule has 2 rings (SSSR count). The third-order valence-corrected chi connectivity index (χ3v) is 3.51. The summed E-state index contributed by atoms with van der Waals surface area (Å²) < 4.78 is 26.1. The second-order valence-corrected chi connectivity index (χ2v) is 5.20. The van der Waals surface area contributed by atoms with Crippen molar-refractivity contribution in [1.82, 2.24) is 5.32 Å². The normalized spacial score (nSPS) is 11.8. The monoisotopic (exact) mass is 340 g/mol. The van der Waals surface area contributed by atoms with Gasteiger partial charge in [-0.1, -0.05) is 17.7 Å². The van der Waals surface area contributed by atoms with E-state index in [-0.39, 0.29) is 16.3 Å². The molecule has 8 heteroatoms. The Kier molecular flexibility index (Phi) is 4.90. The predicted octanol–water partition coefficient (Wildman–Crippen LogP) is 4.02. The molecule has 0 heterocycles. The molecule has 0 saturated heterocycles. The Morgan fingerprint density at radius 2 is 1.91 bits per heavy atom. The van der Waals surface area contributed by atoms with Gasteiger partial charge in [0.25, 0.3) is 11.6 Å². The highest BCUT2D eigenvalue weighted by molar-refractivity contribution is 6.34. The average Bonchev–Trinajstić information content (AvgIpc) is 2.49. The standard InChI is InChI=1S/C15H11ClF2N2O3/c1-8(9-2-5-13(17)14(18)6-9)19-15(21)11-4-3-10(20(22)23)7-12(11)16/h2-8H,1H3,(H,19,21)/t8-/m0/s1. The third-order valence-electron chi connectivity index (χ3n) is 3.20. The van der Waals surface area contributed by atoms with Gasteiger partial charge in [0, 0.05) is 12.1 Å². The van der Waals surface area contributed by atoms with Crippen LogP contribution in [0.1, 0.15) is 28.9 Å². The molecule has 23 heavy (non-hydrogen) atoms. The van der Waals surface area contributed by atoms with Crippen molar-refractivity contribution in [2.24, 2.45) is 0 Å². The van der Waals surface area contributed by atoms with Crippen LogP contribution in [0.5, 0.6) is 0 Å². The summed E-state index contributed by atoms with van der Waals surface area (Å²) in [5.74, 6) is -2.58. The number of carbonyl (C=O) groups excluding carboxylic acids is 1. The third kappa shape index (κ3) is 3.81. The number of carbonyl (C=O) groups is 1. The maximum absolute atomic E-state index is 13.2. The van der Waals surface area contributed by atoms with Gasteiger partial charge in [-0.05, 0) is 30.7 Å². The lowest BCUT2D eigenvalue weighted by Gasteiger charge is -2.15. The molecular weight excluding hydrogens is 330 g/mol. The van der Waals surface area contributed by atoms with Gasteiger partial charge in [0.2, 0.25) is 0 Å². The van der Waals surface area contributed by atoms with Gasteiger partial charge in [-0.3, -0.25) is 14.9 Å². The van der Waals surface area contributed by atoms with E-state index in [0.717, 1.165) is 24.3 Å². The molecule has 2 aromatic rings. The van der Waals surface area contributed by atoms with Crippen LogP contribution in [0, 0.1) is 21.7 Å². The summed E-state index contributed by atoms with van der Waals surface area (Å²) in [6, 6.07) is 6.14. The summed E-state index contributed by atoms with van der Waals surface area (Å²) in [5, 5.41) is 13.1. The average molecular weight is 341 g/mol. The van der Waals surface area contributed by atoms with Crippen molar-refractivity contribution in [2.45, 2.75) is 13.0 Å². The van der Waals surface area contributed by atoms with Crippen LogP contribution < -0.4 is 5.32 Å². The molecule has 0 spiro atoms. The van der Waals surface area contributed by atoms with E-state index in [2.05, 4.69) is 5.32 Å². The van der Waals surface area contributed by atoms with Crippen molar-refractivity contribution in [3.05, 3.63) is 74.3 Å². The molecule has 0 radical (unpaired) electrons. The Hall–Kier alpha value is -2.54. The van der Waals surface area contributed by atoms with Crippen LogP contribution in [0.4, 0.5) is 14.5 Å².